The van der Waals surface area contributed by atoms with E-state index < -0.39 is 11.6 Å². The van der Waals surface area contributed by atoms with Crippen LogP contribution in [0.2, 0.25) is 0 Å². The molecule has 1 atom stereocenters. The van der Waals surface area contributed by atoms with Gasteiger partial charge in [0.25, 0.3) is 0 Å². The number of hydrogen-bond donors (Lipinski definition) is 0. The molecular formula is C19H18F2N4S. The first kappa shape index (κ1) is 18.3. The Balaban J connectivity index is 1.96. The van der Waals surface area contributed by atoms with Gasteiger partial charge in [-0.2, -0.15) is 0 Å². The average Bonchev–Trinajstić information content (AvgIpc) is 2.99. The molecule has 3 rings (SSSR count). The van der Waals surface area contributed by atoms with Gasteiger partial charge in [-0.25, -0.2) is 8.78 Å². The van der Waals surface area contributed by atoms with E-state index in [1.807, 2.05) is 30.5 Å². The summed E-state index contributed by atoms with van der Waals surface area (Å²) in [6, 6.07) is 7.17. The molecule has 134 valence electrons. The van der Waals surface area contributed by atoms with Crippen LogP contribution in [0.1, 0.15) is 24.7 Å². The minimum atomic E-state index is -0.463. The molecule has 0 spiro atoms. The summed E-state index contributed by atoms with van der Waals surface area (Å²) >= 11 is 1.33. The van der Waals surface area contributed by atoms with Crippen LogP contribution < -0.4 is 0 Å². The van der Waals surface area contributed by atoms with Gasteiger partial charge in [0, 0.05) is 35.3 Å². The number of halogens is 2. The third-order valence-electron chi connectivity index (χ3n) is 3.76. The number of nitrogens with zero attached hydrogens (tertiary/aromatic N) is 4. The lowest BCUT2D eigenvalue weighted by Crippen LogP contribution is -2.04. The van der Waals surface area contributed by atoms with Crippen molar-refractivity contribution in [2.24, 2.45) is 0 Å². The molecule has 0 amide bonds. The lowest BCUT2D eigenvalue weighted by atomic mass is 10.1. The van der Waals surface area contributed by atoms with Crippen molar-refractivity contribution in [3.8, 4) is 11.4 Å². The topological polar surface area (TPSA) is 43.6 Å². The van der Waals surface area contributed by atoms with Crippen LogP contribution in [-0.4, -0.2) is 19.7 Å². The fraction of sp³-hybridized carbons (Fsp3) is 0.211. The van der Waals surface area contributed by atoms with E-state index in [2.05, 4.69) is 21.8 Å². The molecule has 2 aromatic heterocycles. The zero-order chi connectivity index (χ0) is 18.7. The maximum absolute atomic E-state index is 14.1. The van der Waals surface area contributed by atoms with Gasteiger partial charge in [-0.05, 0) is 44.2 Å². The van der Waals surface area contributed by atoms with Crippen LogP contribution in [0.5, 0.6) is 0 Å². The van der Waals surface area contributed by atoms with Crippen molar-refractivity contribution in [3.63, 3.8) is 0 Å². The van der Waals surface area contributed by atoms with E-state index in [9.17, 15) is 8.78 Å². The summed E-state index contributed by atoms with van der Waals surface area (Å²) in [4.78, 5) is 4.02. The molecule has 3 aromatic rings. The molecule has 1 unspecified atom stereocenters. The van der Waals surface area contributed by atoms with Crippen LogP contribution in [0.15, 0.2) is 60.0 Å². The van der Waals surface area contributed by atoms with E-state index in [4.69, 9.17) is 0 Å². The Morgan fingerprint density at radius 3 is 2.62 bits per heavy atom. The fourth-order valence-electron chi connectivity index (χ4n) is 2.55. The molecule has 2 heterocycles. The summed E-state index contributed by atoms with van der Waals surface area (Å²) in [5, 5.41) is 8.83. The highest BCUT2D eigenvalue weighted by Crippen LogP contribution is 2.36. The minimum absolute atomic E-state index is 0.297. The molecule has 0 saturated carbocycles. The summed E-state index contributed by atoms with van der Waals surface area (Å²) in [6.07, 6.45) is 3.37. The monoisotopic (exact) mass is 372 g/mol. The van der Waals surface area contributed by atoms with Gasteiger partial charge in [-0.3, -0.25) is 9.55 Å². The van der Waals surface area contributed by atoms with E-state index >= 15 is 0 Å². The standard InChI is InChI=1S/C19H18F2N4S/c1-12(2)11-25-18(14-6-8-22-9-7-14)23-24-19(25)26-13(3)16-10-15(20)4-5-17(16)21/h4-10,13H,1,11H2,2-3H3. The summed E-state index contributed by atoms with van der Waals surface area (Å²) in [7, 11) is 0. The molecule has 4 nitrogen and oxygen atoms in total. The van der Waals surface area contributed by atoms with E-state index in [-0.39, 0.29) is 5.25 Å². The lowest BCUT2D eigenvalue weighted by molar-refractivity contribution is 0.585. The molecule has 0 fully saturated rings. The van der Waals surface area contributed by atoms with Crippen molar-refractivity contribution in [1.29, 1.82) is 0 Å². The summed E-state index contributed by atoms with van der Waals surface area (Å²) in [5.41, 5.74) is 2.11. The van der Waals surface area contributed by atoms with E-state index in [0.29, 0.717) is 23.1 Å². The Bertz CT molecular complexity index is 925. The molecule has 0 saturated heterocycles. The normalized spacial score (nSPS) is 12.2. The maximum Gasteiger partial charge on any atom is 0.192 e. The van der Waals surface area contributed by atoms with Crippen molar-refractivity contribution in [2.45, 2.75) is 30.8 Å². The highest BCUT2D eigenvalue weighted by atomic mass is 32.2. The Kier molecular flexibility index (Phi) is 5.46. The van der Waals surface area contributed by atoms with Crippen molar-refractivity contribution in [3.05, 3.63) is 72.1 Å². The predicted molar refractivity (Wildman–Crippen MR) is 98.7 cm³/mol. The number of aromatic nitrogens is 4. The Hall–Kier alpha value is -2.54. The molecule has 0 bridgehead atoms. The number of allylic oxidation sites excluding steroid dienone is 1. The molecule has 0 aliphatic carbocycles. The summed E-state index contributed by atoms with van der Waals surface area (Å²) in [6.45, 7) is 8.23. The van der Waals surface area contributed by atoms with Gasteiger partial charge < -0.3 is 0 Å². The lowest BCUT2D eigenvalue weighted by Gasteiger charge is -2.14. The smallest absolute Gasteiger partial charge is 0.192 e. The second-order valence-electron chi connectivity index (χ2n) is 6.01. The third kappa shape index (κ3) is 3.99. The van der Waals surface area contributed by atoms with Crippen LogP contribution >= 0.6 is 11.8 Å². The fourth-order valence-corrected chi connectivity index (χ4v) is 3.54. The van der Waals surface area contributed by atoms with E-state index in [0.717, 1.165) is 23.3 Å². The predicted octanol–water partition coefficient (Wildman–Crippen LogP) is 5.05. The molecule has 0 N–H and O–H groups in total. The van der Waals surface area contributed by atoms with Gasteiger partial charge in [0.15, 0.2) is 11.0 Å². The molecule has 0 radical (unpaired) electrons. The van der Waals surface area contributed by atoms with E-state index in [1.54, 1.807) is 12.4 Å². The number of thioether (sulfide) groups is 1. The minimum Gasteiger partial charge on any atom is -0.298 e. The summed E-state index contributed by atoms with van der Waals surface area (Å²) in [5.74, 6) is -0.216. The zero-order valence-electron chi connectivity index (χ0n) is 14.5. The number of pyridine rings is 1. The van der Waals surface area contributed by atoms with Gasteiger partial charge in [0.2, 0.25) is 0 Å². The van der Waals surface area contributed by atoms with Gasteiger partial charge in [0.1, 0.15) is 11.6 Å². The molecule has 1 aromatic carbocycles. The number of hydrogen-bond acceptors (Lipinski definition) is 4. The highest BCUT2D eigenvalue weighted by Gasteiger charge is 2.20. The molecular weight excluding hydrogens is 354 g/mol. The van der Waals surface area contributed by atoms with Crippen LogP contribution in [0, 0.1) is 11.6 Å². The van der Waals surface area contributed by atoms with Crippen LogP contribution in [0.3, 0.4) is 0 Å². The van der Waals surface area contributed by atoms with Crippen molar-refractivity contribution in [1.82, 2.24) is 19.7 Å². The first-order chi connectivity index (χ1) is 12.5. The quantitative estimate of drug-likeness (QED) is 0.449. The zero-order valence-corrected chi connectivity index (χ0v) is 15.3. The van der Waals surface area contributed by atoms with Crippen LogP contribution in [0.4, 0.5) is 8.78 Å². The van der Waals surface area contributed by atoms with Crippen molar-refractivity contribution >= 4 is 11.8 Å². The molecule has 7 heteroatoms. The number of rotatable bonds is 6. The highest BCUT2D eigenvalue weighted by molar-refractivity contribution is 7.99. The largest absolute Gasteiger partial charge is 0.298 e. The Labute approximate surface area is 155 Å². The van der Waals surface area contributed by atoms with E-state index in [1.165, 1.54) is 17.8 Å². The van der Waals surface area contributed by atoms with Gasteiger partial charge in [-0.15, -0.1) is 10.2 Å². The third-order valence-corrected chi connectivity index (χ3v) is 4.88. The second-order valence-corrected chi connectivity index (χ2v) is 7.32. The average molecular weight is 372 g/mol. The summed E-state index contributed by atoms with van der Waals surface area (Å²) < 4.78 is 29.5. The van der Waals surface area contributed by atoms with Crippen LogP contribution in [-0.2, 0) is 6.54 Å². The van der Waals surface area contributed by atoms with Gasteiger partial charge in [0.05, 0.1) is 0 Å². The van der Waals surface area contributed by atoms with Crippen molar-refractivity contribution in [2.75, 3.05) is 0 Å². The second kappa shape index (κ2) is 7.78. The SMILES string of the molecule is C=C(C)Cn1c(SC(C)c2cc(F)ccc2F)nnc1-c1ccncc1. The Morgan fingerprint density at radius 2 is 1.92 bits per heavy atom. The number of benzene rings is 1. The first-order valence-corrected chi connectivity index (χ1v) is 8.93. The van der Waals surface area contributed by atoms with Gasteiger partial charge >= 0.3 is 0 Å². The van der Waals surface area contributed by atoms with Crippen LogP contribution in [0.25, 0.3) is 11.4 Å². The van der Waals surface area contributed by atoms with Crippen molar-refractivity contribution < 1.29 is 8.78 Å². The molecule has 26 heavy (non-hydrogen) atoms. The first-order valence-electron chi connectivity index (χ1n) is 8.05. The maximum atomic E-state index is 14.1. The molecule has 0 aliphatic rings. The van der Waals surface area contributed by atoms with Gasteiger partial charge in [-0.1, -0.05) is 23.9 Å². The molecule has 0 aliphatic heterocycles. The Morgan fingerprint density at radius 1 is 1.19 bits per heavy atom.